The van der Waals surface area contributed by atoms with Crippen molar-refractivity contribution < 1.29 is 19.1 Å². The summed E-state index contributed by atoms with van der Waals surface area (Å²) >= 11 is 1.18. The molecule has 3 rings (SSSR count). The Hall–Kier alpha value is -3.39. The van der Waals surface area contributed by atoms with Gasteiger partial charge in [-0.05, 0) is 24.6 Å². The molecule has 3 aromatic rings. The molecule has 0 aliphatic carbocycles. The molecule has 7 nitrogen and oxygen atoms in total. The van der Waals surface area contributed by atoms with Crippen LogP contribution >= 0.6 is 11.3 Å². The Kier molecular flexibility index (Phi) is 6.46. The van der Waals surface area contributed by atoms with Crippen molar-refractivity contribution in [3.05, 3.63) is 70.2 Å². The third kappa shape index (κ3) is 5.32. The van der Waals surface area contributed by atoms with Crippen LogP contribution < -0.4 is 20.1 Å². The lowest BCUT2D eigenvalue weighted by molar-refractivity contribution is 0.0945. The summed E-state index contributed by atoms with van der Waals surface area (Å²) in [6.45, 7) is 2.41. The zero-order chi connectivity index (χ0) is 20.8. The van der Waals surface area contributed by atoms with E-state index in [2.05, 4.69) is 15.6 Å². The number of aryl methyl sites for hydroxylation is 1. The van der Waals surface area contributed by atoms with Gasteiger partial charge in [0.25, 0.3) is 11.8 Å². The number of rotatable bonds is 7. The monoisotopic (exact) mass is 411 g/mol. The first kappa shape index (κ1) is 20.3. The zero-order valence-corrected chi connectivity index (χ0v) is 17.1. The van der Waals surface area contributed by atoms with Gasteiger partial charge in [-0.3, -0.25) is 14.9 Å². The number of nitrogens with one attached hydrogen (secondary N) is 2. The van der Waals surface area contributed by atoms with Crippen LogP contribution in [-0.4, -0.2) is 31.0 Å². The third-order valence-corrected chi connectivity index (χ3v) is 4.90. The van der Waals surface area contributed by atoms with Crippen molar-refractivity contribution in [2.45, 2.75) is 13.5 Å². The number of amides is 2. The van der Waals surface area contributed by atoms with Crippen molar-refractivity contribution in [2.24, 2.45) is 0 Å². The summed E-state index contributed by atoms with van der Waals surface area (Å²) < 4.78 is 10.4. The van der Waals surface area contributed by atoms with E-state index in [1.165, 1.54) is 25.6 Å². The van der Waals surface area contributed by atoms with Crippen LogP contribution in [0.4, 0.5) is 5.13 Å². The molecule has 0 saturated carbocycles. The highest BCUT2D eigenvalue weighted by atomic mass is 32.1. The Labute approximate surface area is 172 Å². The van der Waals surface area contributed by atoms with Gasteiger partial charge in [0, 0.05) is 23.6 Å². The molecule has 2 aromatic carbocycles. The average molecular weight is 411 g/mol. The maximum atomic E-state index is 12.5. The van der Waals surface area contributed by atoms with Gasteiger partial charge in [-0.15, -0.1) is 11.3 Å². The molecule has 0 aliphatic heterocycles. The molecule has 1 aromatic heterocycles. The smallest absolute Gasteiger partial charge is 0.271 e. The number of ether oxygens (including phenoxy) is 2. The van der Waals surface area contributed by atoms with Crippen LogP contribution in [-0.2, 0) is 6.54 Å². The van der Waals surface area contributed by atoms with Gasteiger partial charge in [0.1, 0.15) is 17.2 Å². The quantitative estimate of drug-likeness (QED) is 0.619. The van der Waals surface area contributed by atoms with Crippen molar-refractivity contribution in [3.8, 4) is 11.5 Å². The Balaban J connectivity index is 1.63. The number of hydrogen-bond acceptors (Lipinski definition) is 6. The number of benzene rings is 2. The number of nitrogens with zero attached hydrogens (tertiary/aromatic N) is 1. The van der Waals surface area contributed by atoms with Crippen LogP contribution in [0.3, 0.4) is 0 Å². The van der Waals surface area contributed by atoms with E-state index in [-0.39, 0.29) is 17.5 Å². The van der Waals surface area contributed by atoms with Crippen LogP contribution in [0.1, 0.15) is 32.0 Å². The number of carbonyl (C=O) groups excluding carboxylic acids is 2. The second-order valence-corrected chi connectivity index (χ2v) is 7.12. The molecule has 0 aliphatic rings. The average Bonchev–Trinajstić information content (AvgIpc) is 3.21. The molecule has 0 unspecified atom stereocenters. The van der Waals surface area contributed by atoms with Gasteiger partial charge in [0.15, 0.2) is 5.13 Å². The van der Waals surface area contributed by atoms with Gasteiger partial charge in [0.05, 0.1) is 14.2 Å². The van der Waals surface area contributed by atoms with Crippen molar-refractivity contribution in [3.63, 3.8) is 0 Å². The fraction of sp³-hybridized carbons (Fsp3) is 0.190. The van der Waals surface area contributed by atoms with E-state index in [0.29, 0.717) is 28.7 Å². The summed E-state index contributed by atoms with van der Waals surface area (Å²) in [6.07, 6.45) is 0. The van der Waals surface area contributed by atoms with Crippen LogP contribution in [0.15, 0.2) is 47.8 Å². The molecule has 1 heterocycles. The summed E-state index contributed by atoms with van der Waals surface area (Å²) in [4.78, 5) is 29.0. The first-order chi connectivity index (χ1) is 14.0. The summed E-state index contributed by atoms with van der Waals surface area (Å²) in [5, 5.41) is 7.45. The lowest BCUT2D eigenvalue weighted by atomic mass is 10.1. The van der Waals surface area contributed by atoms with Gasteiger partial charge in [-0.2, -0.15) is 0 Å². The Morgan fingerprint density at radius 2 is 1.66 bits per heavy atom. The van der Waals surface area contributed by atoms with Crippen molar-refractivity contribution in [1.29, 1.82) is 0 Å². The van der Waals surface area contributed by atoms with E-state index in [9.17, 15) is 9.59 Å². The number of anilines is 1. The standard InChI is InChI=1S/C21H21N3O4S/c1-13-4-6-14(7-5-13)11-22-20(26)18-12-29-21(23-18)24-19(25)15-8-16(27-2)10-17(9-15)28-3/h4-10,12H,11H2,1-3H3,(H,22,26)(H,23,24,25). The van der Waals surface area contributed by atoms with E-state index in [1.54, 1.807) is 23.6 Å². The SMILES string of the molecule is COc1cc(OC)cc(C(=O)Nc2nc(C(=O)NCc3ccc(C)cc3)cs2)c1. The van der Waals surface area contributed by atoms with E-state index in [0.717, 1.165) is 11.1 Å². The van der Waals surface area contributed by atoms with Gasteiger partial charge in [0.2, 0.25) is 0 Å². The number of aromatic nitrogens is 1. The van der Waals surface area contributed by atoms with E-state index < -0.39 is 0 Å². The molecule has 29 heavy (non-hydrogen) atoms. The summed E-state index contributed by atoms with van der Waals surface area (Å²) in [5.41, 5.74) is 2.77. The number of carbonyl (C=O) groups is 2. The molecule has 8 heteroatoms. The molecule has 0 saturated heterocycles. The molecule has 0 fully saturated rings. The minimum absolute atomic E-state index is 0.251. The first-order valence-corrected chi connectivity index (χ1v) is 9.70. The minimum atomic E-state index is -0.372. The van der Waals surface area contributed by atoms with Crippen LogP contribution in [0, 0.1) is 6.92 Å². The van der Waals surface area contributed by atoms with E-state index >= 15 is 0 Å². The lowest BCUT2D eigenvalue weighted by Crippen LogP contribution is -2.23. The molecule has 0 spiro atoms. The molecule has 0 bridgehead atoms. The fourth-order valence-electron chi connectivity index (χ4n) is 2.52. The third-order valence-electron chi connectivity index (χ3n) is 4.14. The molecule has 2 N–H and O–H groups in total. The van der Waals surface area contributed by atoms with Crippen molar-refractivity contribution >= 4 is 28.3 Å². The summed E-state index contributed by atoms with van der Waals surface area (Å²) in [7, 11) is 3.03. The molecular weight excluding hydrogens is 390 g/mol. The van der Waals surface area contributed by atoms with Gasteiger partial charge >= 0.3 is 0 Å². The van der Waals surface area contributed by atoms with E-state index in [1.807, 2.05) is 31.2 Å². The Morgan fingerprint density at radius 3 is 2.28 bits per heavy atom. The molecule has 0 atom stereocenters. The largest absolute Gasteiger partial charge is 0.497 e. The minimum Gasteiger partial charge on any atom is -0.497 e. The molecule has 0 radical (unpaired) electrons. The highest BCUT2D eigenvalue weighted by Gasteiger charge is 2.15. The van der Waals surface area contributed by atoms with Crippen LogP contribution in [0.5, 0.6) is 11.5 Å². The van der Waals surface area contributed by atoms with Gasteiger partial charge in [-0.1, -0.05) is 29.8 Å². The first-order valence-electron chi connectivity index (χ1n) is 8.82. The maximum Gasteiger partial charge on any atom is 0.271 e. The predicted octanol–water partition coefficient (Wildman–Crippen LogP) is 3.65. The number of thiazole rings is 1. The van der Waals surface area contributed by atoms with Gasteiger partial charge in [-0.25, -0.2) is 4.98 Å². The zero-order valence-electron chi connectivity index (χ0n) is 16.3. The van der Waals surface area contributed by atoms with Crippen molar-refractivity contribution in [2.75, 3.05) is 19.5 Å². The van der Waals surface area contributed by atoms with Crippen LogP contribution in [0.25, 0.3) is 0 Å². The predicted molar refractivity (Wildman–Crippen MR) is 112 cm³/mol. The van der Waals surface area contributed by atoms with Crippen molar-refractivity contribution in [1.82, 2.24) is 10.3 Å². The fourth-order valence-corrected chi connectivity index (χ4v) is 3.21. The highest BCUT2D eigenvalue weighted by molar-refractivity contribution is 7.14. The topological polar surface area (TPSA) is 89.6 Å². The Bertz CT molecular complexity index is 993. The summed E-state index contributed by atoms with van der Waals surface area (Å²) in [5.74, 6) is 0.336. The second kappa shape index (κ2) is 9.20. The number of methoxy groups -OCH3 is 2. The number of hydrogen-bond donors (Lipinski definition) is 2. The normalized spacial score (nSPS) is 10.3. The van der Waals surface area contributed by atoms with Gasteiger partial charge < -0.3 is 14.8 Å². The van der Waals surface area contributed by atoms with Crippen LogP contribution in [0.2, 0.25) is 0 Å². The second-order valence-electron chi connectivity index (χ2n) is 6.26. The highest BCUT2D eigenvalue weighted by Crippen LogP contribution is 2.24. The molecule has 150 valence electrons. The molecule has 2 amide bonds. The summed E-state index contributed by atoms with van der Waals surface area (Å²) in [6, 6.07) is 12.8. The Morgan fingerprint density at radius 1 is 1.00 bits per heavy atom. The maximum absolute atomic E-state index is 12.5. The lowest BCUT2D eigenvalue weighted by Gasteiger charge is -2.08. The van der Waals surface area contributed by atoms with E-state index in [4.69, 9.17) is 9.47 Å². The molecular formula is C21H21N3O4S.